The van der Waals surface area contributed by atoms with E-state index in [1.54, 1.807) is 0 Å². The first-order valence-corrected chi connectivity index (χ1v) is 7.78. The smallest absolute Gasteiger partial charge is 0.0109 e. The number of likely N-dealkylation sites (N-methyl/N-ethyl adjacent to an activating group) is 1. The second kappa shape index (κ2) is 13.3. The molecule has 0 spiro atoms. The summed E-state index contributed by atoms with van der Waals surface area (Å²) in [5.41, 5.74) is 0. The van der Waals surface area contributed by atoms with E-state index in [-0.39, 0.29) is 0 Å². The molecular weight excluding hydrogens is 222 g/mol. The van der Waals surface area contributed by atoms with Crippen molar-refractivity contribution in [1.82, 2.24) is 15.1 Å². The van der Waals surface area contributed by atoms with E-state index >= 15 is 0 Å². The van der Waals surface area contributed by atoms with Crippen molar-refractivity contribution in [2.75, 3.05) is 53.4 Å². The number of rotatable bonds is 13. The van der Waals surface area contributed by atoms with Gasteiger partial charge < -0.3 is 15.1 Å². The number of unbranched alkanes of at least 4 members (excludes halogenated alkanes) is 2. The third-order valence-corrected chi connectivity index (χ3v) is 3.16. The summed E-state index contributed by atoms with van der Waals surface area (Å²) < 4.78 is 0. The molecule has 0 rings (SSSR count). The Morgan fingerprint density at radius 3 is 2.11 bits per heavy atom. The zero-order valence-electron chi connectivity index (χ0n) is 13.2. The Bertz CT molecular complexity index is 160. The van der Waals surface area contributed by atoms with Gasteiger partial charge >= 0.3 is 0 Å². The van der Waals surface area contributed by atoms with Gasteiger partial charge in [0.1, 0.15) is 0 Å². The van der Waals surface area contributed by atoms with Crippen LogP contribution in [-0.4, -0.2) is 63.2 Å². The fourth-order valence-electron chi connectivity index (χ4n) is 2.06. The lowest BCUT2D eigenvalue weighted by Crippen LogP contribution is -2.33. The van der Waals surface area contributed by atoms with Gasteiger partial charge in [0.15, 0.2) is 0 Å². The largest absolute Gasteiger partial charge is 0.317 e. The van der Waals surface area contributed by atoms with Crippen molar-refractivity contribution in [2.45, 2.75) is 46.0 Å². The Hall–Kier alpha value is -0.120. The third-order valence-electron chi connectivity index (χ3n) is 3.16. The monoisotopic (exact) mass is 257 g/mol. The summed E-state index contributed by atoms with van der Waals surface area (Å²) in [5, 5.41) is 3.47. The second-order valence-corrected chi connectivity index (χ2v) is 5.46. The molecule has 1 N–H and O–H groups in total. The summed E-state index contributed by atoms with van der Waals surface area (Å²) in [6.07, 6.45) is 6.55. The van der Waals surface area contributed by atoms with E-state index in [9.17, 15) is 0 Å². The van der Waals surface area contributed by atoms with E-state index in [4.69, 9.17) is 0 Å². The highest BCUT2D eigenvalue weighted by Crippen LogP contribution is 2.00. The number of nitrogens with zero attached hydrogens (tertiary/aromatic N) is 2. The molecule has 0 amide bonds. The predicted molar refractivity (Wildman–Crippen MR) is 82.3 cm³/mol. The quantitative estimate of drug-likeness (QED) is 0.511. The molecule has 0 saturated carbocycles. The number of hydrogen-bond donors (Lipinski definition) is 1. The SMILES string of the molecule is CCCNCCCCCN(CCC)CCN(C)C. The van der Waals surface area contributed by atoms with Gasteiger partial charge in [0.05, 0.1) is 0 Å². The van der Waals surface area contributed by atoms with E-state index < -0.39 is 0 Å². The Balaban J connectivity index is 3.45. The maximum atomic E-state index is 3.47. The average Bonchev–Trinajstić information content (AvgIpc) is 2.34. The molecule has 0 fully saturated rings. The van der Waals surface area contributed by atoms with Gasteiger partial charge in [-0.1, -0.05) is 20.3 Å². The van der Waals surface area contributed by atoms with E-state index in [1.807, 2.05) is 0 Å². The maximum absolute atomic E-state index is 3.47. The summed E-state index contributed by atoms with van der Waals surface area (Å²) in [4.78, 5) is 4.89. The minimum absolute atomic E-state index is 1.17. The fourth-order valence-corrected chi connectivity index (χ4v) is 2.06. The second-order valence-electron chi connectivity index (χ2n) is 5.46. The molecule has 0 atom stereocenters. The molecule has 0 unspecified atom stereocenters. The van der Waals surface area contributed by atoms with Crippen molar-refractivity contribution in [2.24, 2.45) is 0 Å². The Kier molecular flexibility index (Phi) is 13.2. The van der Waals surface area contributed by atoms with Gasteiger partial charge in [-0.2, -0.15) is 0 Å². The van der Waals surface area contributed by atoms with Gasteiger partial charge in [0.25, 0.3) is 0 Å². The first-order valence-electron chi connectivity index (χ1n) is 7.78. The van der Waals surface area contributed by atoms with Crippen molar-refractivity contribution in [1.29, 1.82) is 0 Å². The third kappa shape index (κ3) is 12.3. The van der Waals surface area contributed by atoms with Crippen LogP contribution in [0.2, 0.25) is 0 Å². The molecule has 110 valence electrons. The lowest BCUT2D eigenvalue weighted by molar-refractivity contribution is 0.236. The van der Waals surface area contributed by atoms with Crippen LogP contribution < -0.4 is 5.32 Å². The van der Waals surface area contributed by atoms with Gasteiger partial charge in [0.2, 0.25) is 0 Å². The van der Waals surface area contributed by atoms with Gasteiger partial charge in [-0.15, -0.1) is 0 Å². The molecule has 0 radical (unpaired) electrons. The van der Waals surface area contributed by atoms with Crippen LogP contribution in [0.15, 0.2) is 0 Å². The molecule has 0 aromatic heterocycles. The molecule has 0 aromatic carbocycles. The van der Waals surface area contributed by atoms with Gasteiger partial charge in [-0.3, -0.25) is 0 Å². The molecule has 3 nitrogen and oxygen atoms in total. The minimum Gasteiger partial charge on any atom is -0.317 e. The lowest BCUT2D eigenvalue weighted by atomic mass is 10.2. The Labute approximate surface area is 115 Å². The number of nitrogens with one attached hydrogen (secondary N) is 1. The maximum Gasteiger partial charge on any atom is 0.0109 e. The molecule has 0 aliphatic heterocycles. The average molecular weight is 257 g/mol. The Morgan fingerprint density at radius 1 is 0.722 bits per heavy atom. The molecule has 0 saturated heterocycles. The van der Waals surface area contributed by atoms with Gasteiger partial charge in [-0.05, 0) is 66.0 Å². The van der Waals surface area contributed by atoms with Crippen LogP contribution in [0.1, 0.15) is 46.0 Å². The molecule has 0 aliphatic carbocycles. The molecular formula is C15H35N3. The van der Waals surface area contributed by atoms with Crippen molar-refractivity contribution in [3.8, 4) is 0 Å². The van der Waals surface area contributed by atoms with E-state index in [1.165, 1.54) is 71.4 Å². The normalized spacial score (nSPS) is 11.7. The van der Waals surface area contributed by atoms with Gasteiger partial charge in [-0.25, -0.2) is 0 Å². The van der Waals surface area contributed by atoms with Crippen molar-refractivity contribution in [3.05, 3.63) is 0 Å². The van der Waals surface area contributed by atoms with Gasteiger partial charge in [0, 0.05) is 13.1 Å². The van der Waals surface area contributed by atoms with Crippen LogP contribution >= 0.6 is 0 Å². The molecule has 0 aliphatic rings. The van der Waals surface area contributed by atoms with Crippen LogP contribution in [0.4, 0.5) is 0 Å². The number of hydrogen-bond acceptors (Lipinski definition) is 3. The highest BCUT2D eigenvalue weighted by atomic mass is 15.2. The van der Waals surface area contributed by atoms with E-state index in [0.717, 1.165) is 0 Å². The van der Waals surface area contributed by atoms with Crippen LogP contribution in [0.5, 0.6) is 0 Å². The Morgan fingerprint density at radius 2 is 1.50 bits per heavy atom. The van der Waals surface area contributed by atoms with Crippen LogP contribution in [0, 0.1) is 0 Å². The van der Waals surface area contributed by atoms with Crippen molar-refractivity contribution < 1.29 is 0 Å². The molecule has 3 heteroatoms. The topological polar surface area (TPSA) is 18.5 Å². The summed E-state index contributed by atoms with van der Waals surface area (Å²) in [7, 11) is 4.31. The first-order chi connectivity index (χ1) is 8.70. The summed E-state index contributed by atoms with van der Waals surface area (Å²) in [6, 6.07) is 0. The van der Waals surface area contributed by atoms with Crippen molar-refractivity contribution >= 4 is 0 Å². The molecule has 18 heavy (non-hydrogen) atoms. The zero-order valence-corrected chi connectivity index (χ0v) is 13.2. The highest BCUT2D eigenvalue weighted by Gasteiger charge is 2.03. The van der Waals surface area contributed by atoms with Crippen LogP contribution in [0.25, 0.3) is 0 Å². The standard InChI is InChI=1S/C15H35N3/c1-5-10-16-11-8-7-9-13-18(12-6-2)15-14-17(3)4/h16H,5-15H2,1-4H3. The zero-order chi connectivity index (χ0) is 13.6. The molecule has 0 heterocycles. The van der Waals surface area contributed by atoms with Crippen LogP contribution in [-0.2, 0) is 0 Å². The van der Waals surface area contributed by atoms with Crippen molar-refractivity contribution in [3.63, 3.8) is 0 Å². The first kappa shape index (κ1) is 17.9. The predicted octanol–water partition coefficient (Wildman–Crippen LogP) is 2.43. The van der Waals surface area contributed by atoms with E-state index in [0.29, 0.717) is 0 Å². The molecule has 0 aromatic rings. The summed E-state index contributed by atoms with van der Waals surface area (Å²) in [6.45, 7) is 11.8. The summed E-state index contributed by atoms with van der Waals surface area (Å²) in [5.74, 6) is 0. The highest BCUT2D eigenvalue weighted by molar-refractivity contribution is 4.60. The minimum atomic E-state index is 1.17. The molecule has 0 bridgehead atoms. The fraction of sp³-hybridized carbons (Fsp3) is 1.00. The van der Waals surface area contributed by atoms with Crippen LogP contribution in [0.3, 0.4) is 0 Å². The van der Waals surface area contributed by atoms with E-state index in [2.05, 4.69) is 43.1 Å². The lowest BCUT2D eigenvalue weighted by Gasteiger charge is -2.23. The summed E-state index contributed by atoms with van der Waals surface area (Å²) >= 11 is 0.